The molecule has 0 unspecified atom stereocenters. The van der Waals surface area contributed by atoms with Crippen molar-refractivity contribution in [1.29, 1.82) is 0 Å². The molecule has 12 heteroatoms. The highest BCUT2D eigenvalue weighted by atomic mass is 32.1. The zero-order chi connectivity index (χ0) is 29.5. The van der Waals surface area contributed by atoms with Crippen LogP contribution in [-0.4, -0.2) is 51.5 Å². The van der Waals surface area contributed by atoms with Crippen molar-refractivity contribution >= 4 is 40.6 Å². The predicted octanol–water partition coefficient (Wildman–Crippen LogP) is 4.63. The van der Waals surface area contributed by atoms with Crippen molar-refractivity contribution in [2.75, 3.05) is 24.1 Å². The van der Waals surface area contributed by atoms with Crippen molar-refractivity contribution in [2.45, 2.75) is 53.2 Å². The van der Waals surface area contributed by atoms with Gasteiger partial charge in [0.2, 0.25) is 5.91 Å². The van der Waals surface area contributed by atoms with E-state index in [1.807, 2.05) is 0 Å². The SMILES string of the molecule is CC(C)(C)OC(=O)N(CCc1nc(C(=O)NCc2ncccc2F)cs1)CC(C)(C)C(=O)Nc1ccccc1N. The molecule has 0 bridgehead atoms. The molecule has 0 aliphatic heterocycles. The number of ether oxygens (including phenoxy) is 1. The van der Waals surface area contributed by atoms with Crippen molar-refractivity contribution in [3.05, 3.63) is 70.2 Å². The molecular weight excluding hydrogens is 535 g/mol. The summed E-state index contributed by atoms with van der Waals surface area (Å²) < 4.78 is 19.4. The number of aromatic nitrogens is 2. The first-order valence-corrected chi connectivity index (χ1v) is 13.6. The highest BCUT2D eigenvalue weighted by molar-refractivity contribution is 7.09. The van der Waals surface area contributed by atoms with E-state index in [1.54, 1.807) is 64.3 Å². The van der Waals surface area contributed by atoms with Gasteiger partial charge in [0.15, 0.2) is 0 Å². The first kappa shape index (κ1) is 30.5. The number of benzene rings is 1. The molecule has 4 N–H and O–H groups in total. The van der Waals surface area contributed by atoms with Gasteiger partial charge in [0.1, 0.15) is 17.1 Å². The van der Waals surface area contributed by atoms with Crippen LogP contribution in [-0.2, 0) is 22.5 Å². The number of nitrogens with one attached hydrogen (secondary N) is 2. The number of amides is 3. The standard InChI is InChI=1S/C28H35FN6O4S/c1-27(2,3)39-26(38)35(17-28(4,5)25(37)34-20-11-7-6-10-19(20)30)14-12-23-33-22(16-40-23)24(36)32-15-21-18(29)9-8-13-31-21/h6-11,13,16H,12,14-15,17,30H2,1-5H3,(H,32,36)(H,34,37). The van der Waals surface area contributed by atoms with Crippen LogP contribution < -0.4 is 16.4 Å². The van der Waals surface area contributed by atoms with E-state index >= 15 is 0 Å². The average molecular weight is 571 g/mol. The smallest absolute Gasteiger partial charge is 0.410 e. The largest absolute Gasteiger partial charge is 0.444 e. The third kappa shape index (κ3) is 8.73. The van der Waals surface area contributed by atoms with Gasteiger partial charge in [-0.15, -0.1) is 11.3 Å². The first-order chi connectivity index (χ1) is 18.7. The Bertz CT molecular complexity index is 1350. The maximum absolute atomic E-state index is 13.8. The van der Waals surface area contributed by atoms with Crippen molar-refractivity contribution in [3.63, 3.8) is 0 Å². The molecule has 3 aromatic rings. The summed E-state index contributed by atoms with van der Waals surface area (Å²) in [6, 6.07) is 9.68. The van der Waals surface area contributed by atoms with E-state index in [1.165, 1.54) is 34.6 Å². The molecule has 0 spiro atoms. The van der Waals surface area contributed by atoms with Gasteiger partial charge < -0.3 is 26.0 Å². The summed E-state index contributed by atoms with van der Waals surface area (Å²) in [5, 5.41) is 7.65. The predicted molar refractivity (Wildman–Crippen MR) is 152 cm³/mol. The second kappa shape index (κ2) is 12.9. The molecule has 0 aliphatic carbocycles. The number of hydrogen-bond acceptors (Lipinski definition) is 8. The maximum atomic E-state index is 13.8. The fraction of sp³-hybridized carbons (Fsp3) is 0.393. The van der Waals surface area contributed by atoms with Crippen LogP contribution in [0.2, 0.25) is 0 Å². The topological polar surface area (TPSA) is 140 Å². The molecule has 3 amide bonds. The second-order valence-electron chi connectivity index (χ2n) is 10.8. The van der Waals surface area contributed by atoms with Gasteiger partial charge in [-0.05, 0) is 58.9 Å². The lowest BCUT2D eigenvalue weighted by Gasteiger charge is -2.33. The van der Waals surface area contributed by atoms with Gasteiger partial charge in [-0.2, -0.15) is 0 Å². The van der Waals surface area contributed by atoms with Crippen LogP contribution in [0.25, 0.3) is 0 Å². The molecule has 10 nitrogen and oxygen atoms in total. The van der Waals surface area contributed by atoms with Crippen molar-refractivity contribution in [1.82, 2.24) is 20.2 Å². The van der Waals surface area contributed by atoms with Crippen LogP contribution in [0.15, 0.2) is 48.0 Å². The zero-order valence-electron chi connectivity index (χ0n) is 23.3. The molecule has 0 radical (unpaired) electrons. The Morgan fingerprint density at radius 3 is 2.50 bits per heavy atom. The second-order valence-corrected chi connectivity index (χ2v) is 11.8. The van der Waals surface area contributed by atoms with E-state index in [0.29, 0.717) is 22.8 Å². The molecule has 40 heavy (non-hydrogen) atoms. The Morgan fingerprint density at radius 1 is 1.10 bits per heavy atom. The number of rotatable bonds is 10. The van der Waals surface area contributed by atoms with Crippen molar-refractivity contribution in [3.8, 4) is 0 Å². The lowest BCUT2D eigenvalue weighted by Crippen LogP contribution is -2.47. The number of nitrogen functional groups attached to an aromatic ring is 1. The normalized spacial score (nSPS) is 11.6. The lowest BCUT2D eigenvalue weighted by molar-refractivity contribution is -0.124. The maximum Gasteiger partial charge on any atom is 0.410 e. The number of carbonyl (C=O) groups excluding carboxylic acids is 3. The number of nitrogens with zero attached hydrogens (tertiary/aromatic N) is 3. The minimum Gasteiger partial charge on any atom is -0.444 e. The number of para-hydroxylation sites is 2. The van der Waals surface area contributed by atoms with Gasteiger partial charge in [-0.3, -0.25) is 14.6 Å². The number of halogens is 1. The molecule has 0 fully saturated rings. The Kier molecular flexibility index (Phi) is 9.80. The Balaban J connectivity index is 1.66. The number of anilines is 2. The molecule has 0 saturated carbocycles. The van der Waals surface area contributed by atoms with Crippen molar-refractivity contribution in [2.24, 2.45) is 5.41 Å². The number of thiazole rings is 1. The minimum absolute atomic E-state index is 0.0643. The number of hydrogen-bond donors (Lipinski definition) is 3. The molecule has 214 valence electrons. The average Bonchev–Trinajstić information content (AvgIpc) is 3.35. The summed E-state index contributed by atoms with van der Waals surface area (Å²) in [4.78, 5) is 48.5. The van der Waals surface area contributed by atoms with Crippen LogP contribution in [0, 0.1) is 11.2 Å². The molecule has 0 saturated heterocycles. The monoisotopic (exact) mass is 570 g/mol. The van der Waals surface area contributed by atoms with E-state index in [2.05, 4.69) is 20.6 Å². The van der Waals surface area contributed by atoms with E-state index in [0.717, 1.165) is 0 Å². The summed E-state index contributed by atoms with van der Waals surface area (Å²) in [5.74, 6) is -1.28. The minimum atomic E-state index is -0.992. The molecule has 2 aromatic heterocycles. The molecule has 2 heterocycles. The van der Waals surface area contributed by atoms with Crippen LogP contribution in [0.4, 0.5) is 20.6 Å². The van der Waals surface area contributed by atoms with E-state index < -0.39 is 28.8 Å². The molecule has 1 aromatic carbocycles. The van der Waals surface area contributed by atoms with E-state index in [-0.39, 0.29) is 36.9 Å². The van der Waals surface area contributed by atoms with Gasteiger partial charge in [-0.1, -0.05) is 12.1 Å². The van der Waals surface area contributed by atoms with E-state index in [4.69, 9.17) is 10.5 Å². The van der Waals surface area contributed by atoms with E-state index in [9.17, 15) is 18.8 Å². The van der Waals surface area contributed by atoms with Crippen LogP contribution >= 0.6 is 11.3 Å². The summed E-state index contributed by atoms with van der Waals surface area (Å²) in [7, 11) is 0. The number of nitrogens with two attached hydrogens (primary N) is 1. The summed E-state index contributed by atoms with van der Waals surface area (Å²) in [6.45, 7) is 8.95. The molecule has 3 rings (SSSR count). The first-order valence-electron chi connectivity index (χ1n) is 12.7. The van der Waals surface area contributed by atoms with Gasteiger partial charge in [0.05, 0.1) is 34.0 Å². The zero-order valence-corrected chi connectivity index (χ0v) is 24.1. The van der Waals surface area contributed by atoms with Gasteiger partial charge in [0.25, 0.3) is 5.91 Å². The Labute approximate surface area is 237 Å². The number of pyridine rings is 1. The van der Waals surface area contributed by atoms with Crippen LogP contribution in [0.1, 0.15) is 55.8 Å². The fourth-order valence-electron chi connectivity index (χ4n) is 3.58. The van der Waals surface area contributed by atoms with Crippen LogP contribution in [0.5, 0.6) is 0 Å². The summed E-state index contributed by atoms with van der Waals surface area (Å²) in [5.41, 5.74) is 5.47. The van der Waals surface area contributed by atoms with Gasteiger partial charge >= 0.3 is 6.09 Å². The summed E-state index contributed by atoms with van der Waals surface area (Å²) >= 11 is 1.26. The lowest BCUT2D eigenvalue weighted by atomic mass is 9.91. The Hall–Kier alpha value is -4.06. The van der Waals surface area contributed by atoms with Gasteiger partial charge in [-0.25, -0.2) is 14.2 Å². The van der Waals surface area contributed by atoms with Gasteiger partial charge in [0, 0.05) is 31.1 Å². The Morgan fingerprint density at radius 2 is 1.82 bits per heavy atom. The van der Waals surface area contributed by atoms with Crippen LogP contribution in [0.3, 0.4) is 0 Å². The quantitative estimate of drug-likeness (QED) is 0.302. The summed E-state index contributed by atoms with van der Waals surface area (Å²) in [6.07, 6.45) is 1.21. The molecular formula is C28H35FN6O4S. The third-order valence-corrected chi connectivity index (χ3v) is 6.60. The number of carbonyl (C=O) groups is 3. The highest BCUT2D eigenvalue weighted by Gasteiger charge is 2.34. The third-order valence-electron chi connectivity index (χ3n) is 5.69. The molecule has 0 atom stereocenters. The van der Waals surface area contributed by atoms with Crippen molar-refractivity contribution < 1.29 is 23.5 Å². The fourth-order valence-corrected chi connectivity index (χ4v) is 4.34. The highest BCUT2D eigenvalue weighted by Crippen LogP contribution is 2.25. The molecule has 0 aliphatic rings.